The fourth-order valence-corrected chi connectivity index (χ4v) is 3.00. The Morgan fingerprint density at radius 2 is 1.64 bits per heavy atom. The molecule has 2 rings (SSSR count). The molecule has 0 fully saturated rings. The zero-order valence-corrected chi connectivity index (χ0v) is 16.6. The predicted octanol–water partition coefficient (Wildman–Crippen LogP) is 4.11. The van der Waals surface area contributed by atoms with E-state index in [0.717, 1.165) is 48.3 Å². The number of hydrogen-bond acceptors (Lipinski definition) is 3. The largest absolute Gasteiger partial charge is 0.372 e. The molecule has 28 heavy (non-hydrogen) atoms. The Kier molecular flexibility index (Phi) is 7.09. The van der Waals surface area contributed by atoms with Crippen molar-refractivity contribution < 1.29 is 18.4 Å². The van der Waals surface area contributed by atoms with Crippen LogP contribution in [0.4, 0.5) is 25.8 Å². The summed E-state index contributed by atoms with van der Waals surface area (Å²) in [6.45, 7) is 8.38. The normalized spacial score (nSPS) is 10.5. The summed E-state index contributed by atoms with van der Waals surface area (Å²) in [6, 6.07) is 8.93. The van der Waals surface area contributed by atoms with Gasteiger partial charge in [0, 0.05) is 31.4 Å². The van der Waals surface area contributed by atoms with Gasteiger partial charge in [0.1, 0.15) is 23.9 Å². The Bertz CT molecular complexity index is 846. The van der Waals surface area contributed by atoms with Gasteiger partial charge in [0.2, 0.25) is 11.8 Å². The number of amides is 2. The van der Waals surface area contributed by atoms with Gasteiger partial charge in [-0.25, -0.2) is 8.78 Å². The topological polar surface area (TPSA) is 52.7 Å². The summed E-state index contributed by atoms with van der Waals surface area (Å²) in [6.07, 6.45) is 0. The standard InChI is InChI=1S/C21H25F2N3O2/c1-5-25(6-2)16-10-11-19(14(3)12-16)24-20(28)13-26(15(4)27)21-17(22)8-7-9-18(21)23/h7-12H,5-6,13H2,1-4H3,(H,24,28). The van der Waals surface area contributed by atoms with Crippen molar-refractivity contribution in [3.63, 3.8) is 0 Å². The van der Waals surface area contributed by atoms with E-state index < -0.39 is 35.7 Å². The van der Waals surface area contributed by atoms with Crippen LogP contribution in [0.2, 0.25) is 0 Å². The first-order valence-corrected chi connectivity index (χ1v) is 9.16. The molecule has 7 heteroatoms. The number of para-hydroxylation sites is 1. The highest BCUT2D eigenvalue weighted by atomic mass is 19.1. The summed E-state index contributed by atoms with van der Waals surface area (Å²) in [5.41, 5.74) is 1.95. The van der Waals surface area contributed by atoms with Crippen LogP contribution < -0.4 is 15.1 Å². The number of hydrogen-bond donors (Lipinski definition) is 1. The Morgan fingerprint density at radius 1 is 1.04 bits per heavy atom. The molecule has 0 atom stereocenters. The van der Waals surface area contributed by atoms with Crippen LogP contribution in [0.3, 0.4) is 0 Å². The zero-order valence-electron chi connectivity index (χ0n) is 16.6. The fourth-order valence-electron chi connectivity index (χ4n) is 3.00. The molecule has 5 nitrogen and oxygen atoms in total. The summed E-state index contributed by atoms with van der Waals surface area (Å²) in [5, 5.41) is 2.71. The van der Waals surface area contributed by atoms with E-state index in [0.29, 0.717) is 5.69 Å². The molecule has 150 valence electrons. The summed E-state index contributed by atoms with van der Waals surface area (Å²) < 4.78 is 28.0. The number of carbonyl (C=O) groups is 2. The van der Waals surface area contributed by atoms with Gasteiger partial charge < -0.3 is 10.2 Å². The van der Waals surface area contributed by atoms with Gasteiger partial charge in [-0.05, 0) is 56.7 Å². The number of benzene rings is 2. The number of rotatable bonds is 7. The van der Waals surface area contributed by atoms with Gasteiger partial charge in [-0.2, -0.15) is 0 Å². The van der Waals surface area contributed by atoms with E-state index in [4.69, 9.17) is 0 Å². The van der Waals surface area contributed by atoms with Crippen LogP contribution in [0.25, 0.3) is 0 Å². The molecule has 2 aromatic carbocycles. The Morgan fingerprint density at radius 3 is 2.14 bits per heavy atom. The van der Waals surface area contributed by atoms with Crippen molar-refractivity contribution in [2.24, 2.45) is 0 Å². The van der Waals surface area contributed by atoms with Crippen LogP contribution in [0.15, 0.2) is 36.4 Å². The molecule has 0 aliphatic rings. The number of anilines is 3. The van der Waals surface area contributed by atoms with Crippen LogP contribution >= 0.6 is 0 Å². The molecule has 0 saturated heterocycles. The second-order valence-corrected chi connectivity index (χ2v) is 6.40. The smallest absolute Gasteiger partial charge is 0.244 e. The minimum Gasteiger partial charge on any atom is -0.372 e. The maximum absolute atomic E-state index is 14.0. The van der Waals surface area contributed by atoms with Crippen molar-refractivity contribution >= 4 is 28.9 Å². The average molecular weight is 389 g/mol. The molecular weight excluding hydrogens is 364 g/mol. The number of nitrogens with one attached hydrogen (secondary N) is 1. The fraction of sp³-hybridized carbons (Fsp3) is 0.333. The van der Waals surface area contributed by atoms with Crippen LogP contribution in [0, 0.1) is 18.6 Å². The van der Waals surface area contributed by atoms with E-state index in [1.165, 1.54) is 6.07 Å². The first-order chi connectivity index (χ1) is 13.3. The molecule has 0 aliphatic carbocycles. The van der Waals surface area contributed by atoms with Crippen molar-refractivity contribution in [3.8, 4) is 0 Å². The second-order valence-electron chi connectivity index (χ2n) is 6.40. The van der Waals surface area contributed by atoms with Crippen LogP contribution in [-0.4, -0.2) is 31.4 Å². The number of aryl methyl sites for hydroxylation is 1. The van der Waals surface area contributed by atoms with E-state index >= 15 is 0 Å². The van der Waals surface area contributed by atoms with Crippen molar-refractivity contribution in [2.45, 2.75) is 27.7 Å². The lowest BCUT2D eigenvalue weighted by atomic mass is 10.1. The maximum Gasteiger partial charge on any atom is 0.244 e. The third-order valence-electron chi connectivity index (χ3n) is 4.50. The summed E-state index contributed by atoms with van der Waals surface area (Å²) in [5.74, 6) is -2.98. The number of carbonyl (C=O) groups excluding carboxylic acids is 2. The van der Waals surface area contributed by atoms with Crippen molar-refractivity contribution in [1.82, 2.24) is 0 Å². The van der Waals surface area contributed by atoms with Crippen LogP contribution in [0.5, 0.6) is 0 Å². The highest BCUT2D eigenvalue weighted by Gasteiger charge is 2.23. The van der Waals surface area contributed by atoms with Gasteiger partial charge in [0.25, 0.3) is 0 Å². The predicted molar refractivity (Wildman–Crippen MR) is 108 cm³/mol. The molecule has 0 radical (unpaired) electrons. The van der Waals surface area contributed by atoms with Crippen LogP contribution in [0.1, 0.15) is 26.3 Å². The van der Waals surface area contributed by atoms with Crippen molar-refractivity contribution in [1.29, 1.82) is 0 Å². The number of halogens is 2. The SMILES string of the molecule is CCN(CC)c1ccc(NC(=O)CN(C(C)=O)c2c(F)cccc2F)c(C)c1. The lowest BCUT2D eigenvalue weighted by molar-refractivity contribution is -0.120. The van der Waals surface area contributed by atoms with E-state index in [1.807, 2.05) is 19.1 Å². The first kappa shape index (κ1) is 21.3. The summed E-state index contributed by atoms with van der Waals surface area (Å²) in [7, 11) is 0. The van der Waals surface area contributed by atoms with Gasteiger partial charge in [-0.1, -0.05) is 6.07 Å². The molecule has 0 spiro atoms. The van der Waals surface area contributed by atoms with Crippen molar-refractivity contribution in [3.05, 3.63) is 53.6 Å². The van der Waals surface area contributed by atoms with Gasteiger partial charge in [-0.3, -0.25) is 14.5 Å². The van der Waals surface area contributed by atoms with Gasteiger partial charge >= 0.3 is 0 Å². The third kappa shape index (κ3) is 4.85. The molecular formula is C21H25F2N3O2. The molecule has 0 bridgehead atoms. The highest BCUT2D eigenvalue weighted by Crippen LogP contribution is 2.25. The van der Waals surface area contributed by atoms with Gasteiger partial charge in [0.05, 0.1) is 0 Å². The Hall–Kier alpha value is -2.96. The quantitative estimate of drug-likeness (QED) is 0.775. The second kappa shape index (κ2) is 9.30. The minimum absolute atomic E-state index is 0.496. The average Bonchev–Trinajstić information content (AvgIpc) is 2.63. The molecule has 0 aliphatic heterocycles. The van der Waals surface area contributed by atoms with Crippen LogP contribution in [-0.2, 0) is 9.59 Å². The molecule has 0 saturated carbocycles. The summed E-state index contributed by atoms with van der Waals surface area (Å²) in [4.78, 5) is 27.3. The Balaban J connectivity index is 2.19. The Labute approximate surface area is 163 Å². The molecule has 0 aromatic heterocycles. The third-order valence-corrected chi connectivity index (χ3v) is 4.50. The molecule has 2 aromatic rings. The van der Waals surface area contributed by atoms with Gasteiger partial charge in [-0.15, -0.1) is 0 Å². The lowest BCUT2D eigenvalue weighted by Gasteiger charge is -2.23. The molecule has 0 heterocycles. The van der Waals surface area contributed by atoms with E-state index in [-0.39, 0.29) is 0 Å². The van der Waals surface area contributed by atoms with Crippen molar-refractivity contribution in [2.75, 3.05) is 34.8 Å². The zero-order chi connectivity index (χ0) is 20.8. The van der Waals surface area contributed by atoms with Gasteiger partial charge in [0.15, 0.2) is 0 Å². The summed E-state index contributed by atoms with van der Waals surface area (Å²) >= 11 is 0. The van der Waals surface area contributed by atoms with E-state index in [2.05, 4.69) is 24.1 Å². The lowest BCUT2D eigenvalue weighted by Crippen LogP contribution is -2.38. The first-order valence-electron chi connectivity index (χ1n) is 9.16. The molecule has 1 N–H and O–H groups in total. The highest BCUT2D eigenvalue weighted by molar-refractivity contribution is 6.02. The maximum atomic E-state index is 14.0. The molecule has 2 amide bonds. The monoisotopic (exact) mass is 389 g/mol. The van der Waals surface area contributed by atoms with E-state index in [1.54, 1.807) is 6.07 Å². The van der Waals surface area contributed by atoms with E-state index in [9.17, 15) is 18.4 Å². The number of nitrogens with zero attached hydrogens (tertiary/aromatic N) is 2. The molecule has 0 unspecified atom stereocenters. The minimum atomic E-state index is -0.900.